The number of carbonyl (C=O) groups is 1. The van der Waals surface area contributed by atoms with Crippen LogP contribution in [0.1, 0.15) is 23.6 Å². The monoisotopic (exact) mass is 556 g/mol. The Morgan fingerprint density at radius 2 is 1.48 bits per heavy atom. The van der Waals surface area contributed by atoms with Gasteiger partial charge in [-0.1, -0.05) is 66.7 Å². The highest BCUT2D eigenvalue weighted by atomic mass is 31.2. The third-order valence-corrected chi connectivity index (χ3v) is 10.2. The van der Waals surface area contributed by atoms with E-state index in [1.807, 2.05) is 91.0 Å². The minimum atomic E-state index is -3.25. The Balaban J connectivity index is 1.24. The molecule has 1 amide bonds. The first kappa shape index (κ1) is 26.3. The Morgan fingerprint density at radius 3 is 2.12 bits per heavy atom. The van der Waals surface area contributed by atoms with Crippen LogP contribution in [0.3, 0.4) is 0 Å². The molecule has 4 aromatic rings. The van der Waals surface area contributed by atoms with Gasteiger partial charge in [0.15, 0.2) is 11.5 Å². The molecule has 0 unspecified atom stereocenters. The number of amides is 1. The van der Waals surface area contributed by atoms with Crippen molar-refractivity contribution in [1.82, 2.24) is 10.4 Å². The SMILES string of the molecule is O=C(NCc1cc(F)cc2c1OCCO2)[C@H]1C[C@H]1[C@H](NP(=O)(c1ccccc1)c1ccccc1)c1ccccc1. The van der Waals surface area contributed by atoms with Crippen molar-refractivity contribution in [3.8, 4) is 11.5 Å². The molecule has 1 fully saturated rings. The van der Waals surface area contributed by atoms with Gasteiger partial charge in [0.1, 0.15) is 19.0 Å². The summed E-state index contributed by atoms with van der Waals surface area (Å²) in [5.74, 6) is -0.0923. The van der Waals surface area contributed by atoms with E-state index in [9.17, 15) is 13.8 Å². The van der Waals surface area contributed by atoms with E-state index in [1.165, 1.54) is 12.1 Å². The molecular weight excluding hydrogens is 526 g/mol. The zero-order valence-electron chi connectivity index (χ0n) is 21.8. The van der Waals surface area contributed by atoms with Crippen LogP contribution >= 0.6 is 7.29 Å². The van der Waals surface area contributed by atoms with Gasteiger partial charge in [-0.25, -0.2) is 4.39 Å². The van der Waals surface area contributed by atoms with E-state index >= 15 is 0 Å². The third-order valence-electron chi connectivity index (χ3n) is 7.46. The van der Waals surface area contributed by atoms with Gasteiger partial charge in [-0.05, 0) is 48.2 Å². The van der Waals surface area contributed by atoms with Crippen molar-refractivity contribution >= 4 is 23.8 Å². The Bertz CT molecular complexity index is 1490. The summed E-state index contributed by atoms with van der Waals surface area (Å²) >= 11 is 0. The summed E-state index contributed by atoms with van der Waals surface area (Å²) in [6.45, 7) is 0.856. The summed E-state index contributed by atoms with van der Waals surface area (Å²) in [6, 6.07) is 31.1. The van der Waals surface area contributed by atoms with Crippen LogP contribution in [0.15, 0.2) is 103 Å². The largest absolute Gasteiger partial charge is 0.486 e. The second-order valence-corrected chi connectivity index (χ2v) is 12.6. The second-order valence-electron chi connectivity index (χ2n) is 10.1. The van der Waals surface area contributed by atoms with Crippen LogP contribution in [0, 0.1) is 17.7 Å². The topological polar surface area (TPSA) is 76.7 Å². The number of ether oxygens (including phenoxy) is 2. The highest BCUT2D eigenvalue weighted by Crippen LogP contribution is 2.52. The van der Waals surface area contributed by atoms with E-state index in [2.05, 4.69) is 10.4 Å². The number of hydrogen-bond acceptors (Lipinski definition) is 4. The molecule has 4 aromatic carbocycles. The Kier molecular flexibility index (Phi) is 7.42. The number of rotatable bonds is 9. The summed E-state index contributed by atoms with van der Waals surface area (Å²) in [4.78, 5) is 13.3. The van der Waals surface area contributed by atoms with E-state index in [0.29, 0.717) is 47.3 Å². The average Bonchev–Trinajstić information content (AvgIpc) is 3.80. The summed E-state index contributed by atoms with van der Waals surface area (Å²) in [7, 11) is -3.25. The second kappa shape index (κ2) is 11.3. The predicted molar refractivity (Wildman–Crippen MR) is 153 cm³/mol. The van der Waals surface area contributed by atoms with Crippen LogP contribution in [0.4, 0.5) is 4.39 Å². The van der Waals surface area contributed by atoms with Gasteiger partial charge in [-0.3, -0.25) is 14.4 Å². The molecule has 0 saturated heterocycles. The standard InChI is InChI=1S/C32H30FN2O4P/c33-24-18-23(31-29(19-24)38-16-17-39-31)21-34-32(36)28-20-27(28)30(22-10-4-1-5-11-22)35-40(37,25-12-6-2-7-13-25)26-14-8-3-9-15-26/h1-15,18-19,27-28,30H,16-17,20-21H2,(H,34,36)(H,35,37)/t27-,28+,30-/m1/s1. The van der Waals surface area contributed by atoms with Crippen molar-refractivity contribution in [2.24, 2.45) is 11.8 Å². The Hall–Kier alpha value is -3.93. The lowest BCUT2D eigenvalue weighted by Crippen LogP contribution is -2.33. The Labute approximate surface area is 233 Å². The molecule has 204 valence electrons. The molecule has 1 saturated carbocycles. The third kappa shape index (κ3) is 5.40. The van der Waals surface area contributed by atoms with E-state index in [4.69, 9.17) is 9.47 Å². The van der Waals surface area contributed by atoms with Gasteiger partial charge in [0.25, 0.3) is 0 Å². The molecule has 0 aromatic heterocycles. The Morgan fingerprint density at radius 1 is 0.875 bits per heavy atom. The number of carbonyl (C=O) groups excluding carboxylic acids is 1. The van der Waals surface area contributed by atoms with Gasteiger partial charge in [0.05, 0.1) is 0 Å². The maximum absolute atomic E-state index is 14.8. The number of hydrogen-bond donors (Lipinski definition) is 2. The maximum atomic E-state index is 14.8. The lowest BCUT2D eigenvalue weighted by molar-refractivity contribution is -0.122. The molecular formula is C32H30FN2O4P. The lowest BCUT2D eigenvalue weighted by Gasteiger charge is -2.28. The van der Waals surface area contributed by atoms with Gasteiger partial charge >= 0.3 is 0 Å². The van der Waals surface area contributed by atoms with Crippen LogP contribution in [0.25, 0.3) is 0 Å². The zero-order chi connectivity index (χ0) is 27.5. The number of fused-ring (bicyclic) bond motifs is 1. The first-order chi connectivity index (χ1) is 19.5. The molecule has 0 spiro atoms. The zero-order valence-corrected chi connectivity index (χ0v) is 22.7. The van der Waals surface area contributed by atoms with Crippen molar-refractivity contribution in [3.63, 3.8) is 0 Å². The van der Waals surface area contributed by atoms with E-state index in [-0.39, 0.29) is 30.3 Å². The molecule has 1 aliphatic carbocycles. The van der Waals surface area contributed by atoms with Crippen LogP contribution in [0.2, 0.25) is 0 Å². The molecule has 6 nitrogen and oxygen atoms in total. The predicted octanol–water partition coefficient (Wildman–Crippen LogP) is 5.11. The van der Waals surface area contributed by atoms with Crippen LogP contribution in [-0.2, 0) is 15.9 Å². The molecule has 2 N–H and O–H groups in total. The fourth-order valence-corrected chi connectivity index (χ4v) is 7.88. The molecule has 1 heterocycles. The molecule has 0 radical (unpaired) electrons. The van der Waals surface area contributed by atoms with Crippen molar-refractivity contribution in [3.05, 3.63) is 120 Å². The van der Waals surface area contributed by atoms with Gasteiger partial charge in [-0.15, -0.1) is 0 Å². The minimum Gasteiger partial charge on any atom is -0.486 e. The minimum absolute atomic E-state index is 0.0656. The fourth-order valence-electron chi connectivity index (χ4n) is 5.37. The van der Waals surface area contributed by atoms with Gasteiger partial charge < -0.3 is 14.8 Å². The first-order valence-electron chi connectivity index (χ1n) is 13.4. The summed E-state index contributed by atoms with van der Waals surface area (Å²) < 4.78 is 40.2. The number of nitrogens with one attached hydrogen (secondary N) is 2. The van der Waals surface area contributed by atoms with Gasteiger partial charge in [0, 0.05) is 40.7 Å². The van der Waals surface area contributed by atoms with Crippen LogP contribution in [-0.4, -0.2) is 19.1 Å². The number of benzene rings is 4. The summed E-state index contributed by atoms with van der Waals surface area (Å²) in [5, 5.41) is 7.92. The molecule has 0 bridgehead atoms. The van der Waals surface area contributed by atoms with Gasteiger partial charge in [-0.2, -0.15) is 0 Å². The fraction of sp³-hybridized carbons (Fsp3) is 0.219. The van der Waals surface area contributed by atoms with E-state index in [0.717, 1.165) is 5.56 Å². The molecule has 40 heavy (non-hydrogen) atoms. The van der Waals surface area contributed by atoms with E-state index < -0.39 is 13.1 Å². The molecule has 8 heteroatoms. The smallest absolute Gasteiger partial charge is 0.223 e. The normalized spacial score (nSPS) is 18.5. The van der Waals surface area contributed by atoms with Crippen molar-refractivity contribution in [1.29, 1.82) is 0 Å². The van der Waals surface area contributed by atoms with Crippen LogP contribution < -0.4 is 30.5 Å². The van der Waals surface area contributed by atoms with Crippen LogP contribution in [0.5, 0.6) is 11.5 Å². The highest BCUT2D eigenvalue weighted by Gasteiger charge is 2.50. The number of halogens is 1. The van der Waals surface area contributed by atoms with E-state index in [1.54, 1.807) is 0 Å². The summed E-state index contributed by atoms with van der Waals surface area (Å²) in [6.07, 6.45) is 0.642. The summed E-state index contributed by atoms with van der Waals surface area (Å²) in [5.41, 5.74) is 1.51. The van der Waals surface area contributed by atoms with Crippen molar-refractivity contribution in [2.75, 3.05) is 13.2 Å². The first-order valence-corrected chi connectivity index (χ1v) is 15.1. The lowest BCUT2D eigenvalue weighted by atomic mass is 10.0. The quantitative estimate of drug-likeness (QED) is 0.280. The highest BCUT2D eigenvalue weighted by molar-refractivity contribution is 7.76. The molecule has 2 aliphatic rings. The molecule has 1 aliphatic heterocycles. The van der Waals surface area contributed by atoms with Crippen molar-refractivity contribution in [2.45, 2.75) is 19.0 Å². The van der Waals surface area contributed by atoms with Crippen molar-refractivity contribution < 1.29 is 23.2 Å². The maximum Gasteiger partial charge on any atom is 0.223 e. The molecule has 3 atom stereocenters. The average molecular weight is 557 g/mol. The van der Waals surface area contributed by atoms with Gasteiger partial charge in [0.2, 0.25) is 13.2 Å². The molecule has 6 rings (SSSR count).